The van der Waals surface area contributed by atoms with Crippen molar-refractivity contribution in [3.05, 3.63) is 188 Å². The van der Waals surface area contributed by atoms with Gasteiger partial charge in [0.2, 0.25) is 0 Å². The van der Waals surface area contributed by atoms with E-state index in [9.17, 15) is 0 Å². The van der Waals surface area contributed by atoms with Crippen LogP contribution in [0.25, 0.3) is 0 Å². The highest BCUT2D eigenvalue weighted by molar-refractivity contribution is 6.13. The number of benzene rings is 3. The van der Waals surface area contributed by atoms with Crippen LogP contribution in [0, 0.1) is 12.8 Å². The normalized spacial score (nSPS) is 22.8. The molecule has 4 heteroatoms. The highest BCUT2D eigenvalue weighted by Crippen LogP contribution is 2.48. The van der Waals surface area contributed by atoms with Gasteiger partial charge < -0.3 is 10.6 Å². The zero-order valence-corrected chi connectivity index (χ0v) is 25.5. The Hall–Kier alpha value is -5.40. The average molecular weight is 583 g/mol. The summed E-state index contributed by atoms with van der Waals surface area (Å²) >= 11 is 0. The van der Waals surface area contributed by atoms with Gasteiger partial charge in [-0.2, -0.15) is 0 Å². The number of rotatable bonds is 5. The van der Waals surface area contributed by atoms with Crippen LogP contribution in [0.2, 0.25) is 0 Å². The second-order valence-electron chi connectivity index (χ2n) is 12.3. The van der Waals surface area contributed by atoms with E-state index in [-0.39, 0.29) is 12.1 Å². The Labute approximate surface area is 264 Å². The van der Waals surface area contributed by atoms with E-state index in [1.165, 1.54) is 33.4 Å². The first-order valence-corrected chi connectivity index (χ1v) is 15.7. The lowest BCUT2D eigenvalue weighted by atomic mass is 9.78. The molecule has 8 rings (SSSR count). The zero-order chi connectivity index (χ0) is 30.3. The van der Waals surface area contributed by atoms with Crippen molar-refractivity contribution < 1.29 is 0 Å². The number of aryl methyl sites for hydroxylation is 1. The Bertz CT molecular complexity index is 2050. The standard InChI is InChI=1S/C41H34N4/c1-26-8-6-12-33(22-26)40-43-39(31-9-4-3-5-10-31)44-41(45-40)35-13-7-11-32-24-36-27(2)23-34(25-37(36)38(32)35)29-16-14-28(15-17-29)30-18-20-42-21-19-30/h3-14,16,18-20,22-23,25,36-37,39,42H,21,24H2,1-2H3,(H,43,44,45). The summed E-state index contributed by atoms with van der Waals surface area (Å²) in [6, 6.07) is 25.6. The van der Waals surface area contributed by atoms with Crippen molar-refractivity contribution in [3.8, 4) is 0 Å². The Morgan fingerprint density at radius 3 is 2.44 bits per heavy atom. The van der Waals surface area contributed by atoms with Crippen LogP contribution in [0.4, 0.5) is 0 Å². The molecule has 5 aliphatic rings. The quantitative estimate of drug-likeness (QED) is 0.301. The fraction of sp³-hybridized carbons (Fsp3) is 0.171. The molecule has 0 amide bonds. The average Bonchev–Trinajstić information content (AvgIpc) is 3.49. The number of aliphatic imine (C=N–C) groups is 2. The largest absolute Gasteiger partial charge is 0.387 e. The summed E-state index contributed by atoms with van der Waals surface area (Å²) in [5.74, 6) is 2.31. The van der Waals surface area contributed by atoms with Gasteiger partial charge in [0.05, 0.1) is 0 Å². The summed E-state index contributed by atoms with van der Waals surface area (Å²) < 4.78 is 0. The topological polar surface area (TPSA) is 48.8 Å². The van der Waals surface area contributed by atoms with Crippen molar-refractivity contribution in [1.29, 1.82) is 0 Å². The molecule has 2 N–H and O–H groups in total. The van der Waals surface area contributed by atoms with Crippen LogP contribution in [0.1, 0.15) is 52.4 Å². The Morgan fingerprint density at radius 2 is 1.67 bits per heavy atom. The predicted octanol–water partition coefficient (Wildman–Crippen LogP) is 7.85. The molecule has 3 atom stereocenters. The molecule has 4 nitrogen and oxygen atoms in total. The monoisotopic (exact) mass is 582 g/mol. The van der Waals surface area contributed by atoms with Gasteiger partial charge in [-0.25, -0.2) is 9.98 Å². The molecule has 2 heterocycles. The van der Waals surface area contributed by atoms with Crippen molar-refractivity contribution in [2.75, 3.05) is 6.54 Å². The first kappa shape index (κ1) is 27.2. The number of nitrogens with zero attached hydrogens (tertiary/aromatic N) is 2. The van der Waals surface area contributed by atoms with Crippen molar-refractivity contribution in [2.45, 2.75) is 32.4 Å². The second-order valence-corrected chi connectivity index (χ2v) is 12.3. The lowest BCUT2D eigenvalue weighted by Crippen LogP contribution is -2.34. The summed E-state index contributed by atoms with van der Waals surface area (Å²) in [5, 5.41) is 6.93. The number of nitrogens with one attached hydrogen (secondary N) is 2. The molecule has 0 saturated heterocycles. The van der Waals surface area contributed by atoms with E-state index in [2.05, 4.69) is 139 Å². The minimum atomic E-state index is -0.227. The summed E-state index contributed by atoms with van der Waals surface area (Å²) in [6.07, 6.45) is 16.2. The molecule has 2 aliphatic heterocycles. The number of dihydropyridines is 1. The molecule has 3 aliphatic carbocycles. The van der Waals surface area contributed by atoms with Crippen molar-refractivity contribution in [3.63, 3.8) is 0 Å². The third kappa shape index (κ3) is 5.11. The number of amidine groups is 2. The zero-order valence-electron chi connectivity index (χ0n) is 25.5. The van der Waals surface area contributed by atoms with Gasteiger partial charge in [0.1, 0.15) is 12.0 Å². The Kier molecular flexibility index (Phi) is 6.80. The second kappa shape index (κ2) is 11.3. The first-order valence-electron chi connectivity index (χ1n) is 15.7. The van der Waals surface area contributed by atoms with E-state index in [4.69, 9.17) is 9.98 Å². The highest BCUT2D eigenvalue weighted by Gasteiger charge is 2.38. The Balaban J connectivity index is 1.21. The first-order chi connectivity index (χ1) is 22.1. The molecular formula is C41H34N4. The van der Waals surface area contributed by atoms with Gasteiger partial charge in [-0.15, -0.1) is 0 Å². The molecule has 0 radical (unpaired) electrons. The molecule has 0 fully saturated rings. The van der Waals surface area contributed by atoms with E-state index in [1.54, 1.807) is 0 Å². The lowest BCUT2D eigenvalue weighted by Gasteiger charge is -2.28. The van der Waals surface area contributed by atoms with Gasteiger partial charge in [0.25, 0.3) is 0 Å². The van der Waals surface area contributed by atoms with E-state index >= 15 is 0 Å². The maximum Gasteiger partial charge on any atom is 0.159 e. The van der Waals surface area contributed by atoms with E-state index < -0.39 is 0 Å². The molecule has 3 aromatic carbocycles. The smallest absolute Gasteiger partial charge is 0.159 e. The fourth-order valence-electron chi connectivity index (χ4n) is 7.04. The van der Waals surface area contributed by atoms with Crippen LogP contribution >= 0.6 is 0 Å². The van der Waals surface area contributed by atoms with Gasteiger partial charge in [0.15, 0.2) is 5.84 Å². The van der Waals surface area contributed by atoms with Crippen LogP contribution < -0.4 is 10.6 Å². The molecule has 0 aromatic heterocycles. The van der Waals surface area contributed by atoms with Crippen molar-refractivity contribution in [2.24, 2.45) is 15.9 Å². The molecule has 0 spiro atoms. The van der Waals surface area contributed by atoms with Crippen LogP contribution in [0.5, 0.6) is 0 Å². The SMILES string of the molecule is CC1=CC(C2=C=C=C(C3=CCNC=C3)C=C2)=CC2c3c(cccc3C3=NC(c4cccc(C)c4)=NC(c4ccccc4)N3)CC12. The van der Waals surface area contributed by atoms with Crippen LogP contribution in [0.3, 0.4) is 0 Å². The number of hydrogen-bond acceptors (Lipinski definition) is 4. The summed E-state index contributed by atoms with van der Waals surface area (Å²) in [5.41, 5.74) is 20.1. The molecule has 218 valence electrons. The van der Waals surface area contributed by atoms with Crippen molar-refractivity contribution >= 4 is 11.7 Å². The van der Waals surface area contributed by atoms with Gasteiger partial charge >= 0.3 is 0 Å². The minimum Gasteiger partial charge on any atom is -0.387 e. The molecule has 0 saturated carbocycles. The van der Waals surface area contributed by atoms with Gasteiger partial charge in [-0.05, 0) is 84.5 Å². The minimum absolute atomic E-state index is 0.227. The van der Waals surface area contributed by atoms with Gasteiger partial charge in [-0.1, -0.05) is 108 Å². The van der Waals surface area contributed by atoms with Gasteiger partial charge in [0, 0.05) is 34.7 Å². The molecule has 0 bridgehead atoms. The highest BCUT2D eigenvalue weighted by atomic mass is 15.2. The maximum absolute atomic E-state index is 5.20. The van der Waals surface area contributed by atoms with E-state index in [1.807, 2.05) is 12.3 Å². The lowest BCUT2D eigenvalue weighted by molar-refractivity contribution is 0.588. The molecule has 3 aromatic rings. The number of fused-ring (bicyclic) bond motifs is 3. The summed E-state index contributed by atoms with van der Waals surface area (Å²) in [4.78, 5) is 10.3. The van der Waals surface area contributed by atoms with Crippen LogP contribution in [-0.4, -0.2) is 18.2 Å². The number of allylic oxidation sites excluding steroid dienone is 10. The van der Waals surface area contributed by atoms with E-state index in [0.29, 0.717) is 5.92 Å². The Morgan fingerprint density at radius 1 is 0.844 bits per heavy atom. The van der Waals surface area contributed by atoms with Crippen LogP contribution in [0.15, 0.2) is 165 Å². The summed E-state index contributed by atoms with van der Waals surface area (Å²) in [6.45, 7) is 5.23. The third-order valence-electron chi connectivity index (χ3n) is 9.31. The molecular weight excluding hydrogens is 548 g/mol. The predicted molar refractivity (Wildman–Crippen MR) is 183 cm³/mol. The van der Waals surface area contributed by atoms with Gasteiger partial charge in [-0.3, -0.25) is 0 Å². The molecule has 3 unspecified atom stereocenters. The number of hydrogen-bond donors (Lipinski definition) is 2. The van der Waals surface area contributed by atoms with E-state index in [0.717, 1.165) is 52.5 Å². The fourth-order valence-corrected chi connectivity index (χ4v) is 7.04. The van der Waals surface area contributed by atoms with Crippen molar-refractivity contribution in [1.82, 2.24) is 10.6 Å². The third-order valence-corrected chi connectivity index (χ3v) is 9.31. The molecule has 45 heavy (non-hydrogen) atoms. The maximum atomic E-state index is 5.20. The summed E-state index contributed by atoms with van der Waals surface area (Å²) in [7, 11) is 0. The van der Waals surface area contributed by atoms with Crippen LogP contribution in [-0.2, 0) is 6.42 Å².